The van der Waals surface area contributed by atoms with Gasteiger partial charge in [-0.2, -0.15) is 0 Å². The lowest BCUT2D eigenvalue weighted by Crippen LogP contribution is -2.02. The molecule has 1 unspecified atom stereocenters. The quantitative estimate of drug-likeness (QED) is 0.920. The number of hydrogen-bond donors (Lipinski definition) is 1. The summed E-state index contributed by atoms with van der Waals surface area (Å²) in [5.41, 5.74) is 1.09. The van der Waals surface area contributed by atoms with Crippen LogP contribution in [0.25, 0.3) is 0 Å². The summed E-state index contributed by atoms with van der Waals surface area (Å²) >= 11 is 7.54. The molecule has 1 N–H and O–H groups in total. The molecular formula is C13H12ClNO2S. The summed E-state index contributed by atoms with van der Waals surface area (Å²) < 4.78 is 0. The van der Waals surface area contributed by atoms with Crippen molar-refractivity contribution in [1.82, 2.24) is 4.98 Å². The van der Waals surface area contributed by atoms with Gasteiger partial charge in [-0.25, -0.2) is 9.78 Å². The Kier molecular flexibility index (Phi) is 3.99. The van der Waals surface area contributed by atoms with Crippen molar-refractivity contribution < 1.29 is 9.90 Å². The molecule has 18 heavy (non-hydrogen) atoms. The number of nitrogens with zero attached hydrogens (tertiary/aromatic N) is 1. The Morgan fingerprint density at radius 2 is 2.22 bits per heavy atom. The largest absolute Gasteiger partial charge is 0.476 e. The molecule has 0 bridgehead atoms. The Morgan fingerprint density at radius 1 is 1.50 bits per heavy atom. The fourth-order valence-corrected chi connectivity index (χ4v) is 3.09. The van der Waals surface area contributed by atoms with E-state index in [0.717, 1.165) is 17.0 Å². The Morgan fingerprint density at radius 3 is 2.78 bits per heavy atom. The molecule has 2 aromatic rings. The Hall–Kier alpha value is -1.39. The number of carboxylic acid groups (broad SMARTS) is 1. The maximum atomic E-state index is 10.8. The van der Waals surface area contributed by atoms with E-state index < -0.39 is 5.97 Å². The van der Waals surface area contributed by atoms with Crippen LogP contribution in [0.3, 0.4) is 0 Å². The smallest absolute Gasteiger partial charge is 0.355 e. The number of carboxylic acids is 1. The van der Waals surface area contributed by atoms with E-state index in [2.05, 4.69) is 4.98 Å². The van der Waals surface area contributed by atoms with Crippen molar-refractivity contribution in [3.8, 4) is 0 Å². The second-order valence-corrected chi connectivity index (χ2v) is 5.16. The Labute approximate surface area is 114 Å². The van der Waals surface area contributed by atoms with Gasteiger partial charge in [-0.3, -0.25) is 0 Å². The third-order valence-electron chi connectivity index (χ3n) is 2.73. The molecule has 94 valence electrons. The van der Waals surface area contributed by atoms with Crippen LogP contribution in [-0.2, 0) is 0 Å². The monoisotopic (exact) mass is 281 g/mol. The van der Waals surface area contributed by atoms with Crippen molar-refractivity contribution in [1.29, 1.82) is 0 Å². The minimum atomic E-state index is -0.994. The molecule has 1 heterocycles. The molecular weight excluding hydrogens is 270 g/mol. The van der Waals surface area contributed by atoms with Gasteiger partial charge in [0.15, 0.2) is 5.69 Å². The number of carbonyl (C=O) groups is 1. The van der Waals surface area contributed by atoms with Gasteiger partial charge < -0.3 is 5.11 Å². The van der Waals surface area contributed by atoms with Crippen LogP contribution in [0.2, 0.25) is 5.02 Å². The van der Waals surface area contributed by atoms with Crippen molar-refractivity contribution in [2.75, 3.05) is 0 Å². The molecule has 3 nitrogen and oxygen atoms in total. The molecule has 0 radical (unpaired) electrons. The van der Waals surface area contributed by atoms with Gasteiger partial charge in [-0.05, 0) is 18.1 Å². The number of aromatic nitrogens is 1. The molecule has 5 heteroatoms. The molecule has 0 saturated carbocycles. The number of rotatable bonds is 4. The molecule has 0 spiro atoms. The van der Waals surface area contributed by atoms with E-state index in [1.165, 1.54) is 11.3 Å². The Balaban J connectivity index is 2.39. The van der Waals surface area contributed by atoms with E-state index in [-0.39, 0.29) is 11.6 Å². The topological polar surface area (TPSA) is 50.2 Å². The number of halogens is 1. The lowest BCUT2D eigenvalue weighted by molar-refractivity contribution is 0.0691. The zero-order chi connectivity index (χ0) is 13.1. The van der Waals surface area contributed by atoms with E-state index in [1.54, 1.807) is 5.38 Å². The highest BCUT2D eigenvalue weighted by atomic mass is 35.5. The minimum absolute atomic E-state index is 0.0526. The van der Waals surface area contributed by atoms with E-state index in [4.69, 9.17) is 16.7 Å². The van der Waals surface area contributed by atoms with E-state index in [9.17, 15) is 4.79 Å². The fraction of sp³-hybridized carbons (Fsp3) is 0.231. The van der Waals surface area contributed by atoms with Crippen molar-refractivity contribution in [2.45, 2.75) is 19.3 Å². The predicted octanol–water partition coefficient (Wildman–Crippen LogP) is 4.04. The maximum absolute atomic E-state index is 10.8. The minimum Gasteiger partial charge on any atom is -0.476 e. The fourth-order valence-electron chi connectivity index (χ4n) is 1.83. The zero-order valence-electron chi connectivity index (χ0n) is 9.76. The maximum Gasteiger partial charge on any atom is 0.355 e. The normalized spacial score (nSPS) is 12.3. The van der Waals surface area contributed by atoms with E-state index in [1.807, 2.05) is 31.2 Å². The third kappa shape index (κ3) is 2.54. The first-order chi connectivity index (χ1) is 8.63. The first kappa shape index (κ1) is 13.1. The molecule has 1 aromatic carbocycles. The van der Waals surface area contributed by atoms with Crippen molar-refractivity contribution in [3.05, 3.63) is 50.9 Å². The first-order valence-electron chi connectivity index (χ1n) is 5.56. The van der Waals surface area contributed by atoms with E-state index >= 15 is 0 Å². The van der Waals surface area contributed by atoms with Gasteiger partial charge >= 0.3 is 5.97 Å². The second-order valence-electron chi connectivity index (χ2n) is 3.86. The third-order valence-corrected chi connectivity index (χ3v) is 4.03. The molecule has 0 aliphatic heterocycles. The molecule has 1 atom stereocenters. The van der Waals surface area contributed by atoms with Gasteiger partial charge in [-0.15, -0.1) is 11.3 Å². The van der Waals surface area contributed by atoms with Crippen LogP contribution in [0.4, 0.5) is 0 Å². The number of benzene rings is 1. The van der Waals surface area contributed by atoms with Crippen LogP contribution in [-0.4, -0.2) is 16.1 Å². The van der Waals surface area contributed by atoms with Crippen LogP contribution >= 0.6 is 22.9 Å². The molecule has 0 aliphatic carbocycles. The number of aromatic carboxylic acids is 1. The summed E-state index contributed by atoms with van der Waals surface area (Å²) in [6.45, 7) is 2.04. The van der Waals surface area contributed by atoms with Gasteiger partial charge in [-0.1, -0.05) is 36.7 Å². The highest BCUT2D eigenvalue weighted by Gasteiger charge is 2.19. The number of hydrogen-bond acceptors (Lipinski definition) is 3. The number of thiazole rings is 1. The predicted molar refractivity (Wildman–Crippen MR) is 72.7 cm³/mol. The highest BCUT2D eigenvalue weighted by Crippen LogP contribution is 2.34. The molecule has 0 aliphatic rings. The second kappa shape index (κ2) is 5.50. The first-order valence-corrected chi connectivity index (χ1v) is 6.82. The summed E-state index contributed by atoms with van der Waals surface area (Å²) in [5, 5.41) is 11.9. The van der Waals surface area contributed by atoms with Crippen molar-refractivity contribution in [3.63, 3.8) is 0 Å². The Bertz CT molecular complexity index is 568. The van der Waals surface area contributed by atoms with Crippen LogP contribution in [0, 0.1) is 0 Å². The summed E-state index contributed by atoms with van der Waals surface area (Å²) in [5.74, 6) is -0.941. The average molecular weight is 282 g/mol. The average Bonchev–Trinajstić information content (AvgIpc) is 2.82. The van der Waals surface area contributed by atoms with Crippen LogP contribution < -0.4 is 0 Å². The van der Waals surface area contributed by atoms with Crippen LogP contribution in [0.5, 0.6) is 0 Å². The van der Waals surface area contributed by atoms with Crippen molar-refractivity contribution in [2.24, 2.45) is 0 Å². The summed E-state index contributed by atoms with van der Waals surface area (Å²) in [7, 11) is 0. The van der Waals surface area contributed by atoms with Crippen LogP contribution in [0.15, 0.2) is 29.6 Å². The summed E-state index contributed by atoms with van der Waals surface area (Å²) in [6, 6.07) is 7.60. The molecule has 0 fully saturated rings. The van der Waals surface area contributed by atoms with Gasteiger partial charge in [0.05, 0.1) is 0 Å². The van der Waals surface area contributed by atoms with Crippen LogP contribution in [0.1, 0.15) is 40.3 Å². The van der Waals surface area contributed by atoms with Crippen molar-refractivity contribution >= 4 is 28.9 Å². The zero-order valence-corrected chi connectivity index (χ0v) is 11.3. The highest BCUT2D eigenvalue weighted by molar-refractivity contribution is 7.10. The lowest BCUT2D eigenvalue weighted by Gasteiger charge is -2.13. The lowest BCUT2D eigenvalue weighted by atomic mass is 9.97. The molecule has 1 aromatic heterocycles. The van der Waals surface area contributed by atoms with Gasteiger partial charge in [0.2, 0.25) is 0 Å². The van der Waals surface area contributed by atoms with Gasteiger partial charge in [0.25, 0.3) is 0 Å². The van der Waals surface area contributed by atoms with Gasteiger partial charge in [0.1, 0.15) is 5.01 Å². The molecule has 0 amide bonds. The van der Waals surface area contributed by atoms with Gasteiger partial charge in [0, 0.05) is 16.3 Å². The van der Waals surface area contributed by atoms with E-state index in [0.29, 0.717) is 5.02 Å². The molecule has 0 saturated heterocycles. The molecule has 2 rings (SSSR count). The standard InChI is InChI=1S/C13H12ClNO2S/c1-2-8(9-5-3-4-6-10(9)14)12-15-11(7-18-12)13(16)17/h3-8H,2H2,1H3,(H,16,17). The summed E-state index contributed by atoms with van der Waals surface area (Å²) in [6.07, 6.45) is 0.830. The SMILES string of the molecule is CCC(c1nc(C(=O)O)cs1)c1ccccc1Cl. The summed E-state index contributed by atoms with van der Waals surface area (Å²) in [4.78, 5) is 15.0.